The van der Waals surface area contributed by atoms with E-state index in [0.717, 1.165) is 10.0 Å². The van der Waals surface area contributed by atoms with E-state index in [2.05, 4.69) is 20.7 Å². The third-order valence-corrected chi connectivity index (χ3v) is 3.08. The standard InChI is InChI=1S/C13H16BrNO4/c1-9-4-5-11(10(14)6-9)19-8-12(16)15(2)7-13(17)18-3/h4-6H,7-8H2,1-3H3. The number of likely N-dealkylation sites (N-methyl/N-ethyl adjacent to an activating group) is 1. The molecule has 0 aliphatic carbocycles. The van der Waals surface area contributed by atoms with Crippen molar-refractivity contribution in [3.63, 3.8) is 0 Å². The third-order valence-electron chi connectivity index (χ3n) is 2.46. The Kier molecular flexibility index (Phi) is 5.82. The molecule has 6 heteroatoms. The van der Waals surface area contributed by atoms with Crippen LogP contribution in [0, 0.1) is 6.92 Å². The van der Waals surface area contributed by atoms with Gasteiger partial charge in [0.2, 0.25) is 0 Å². The Morgan fingerprint density at radius 1 is 1.37 bits per heavy atom. The zero-order chi connectivity index (χ0) is 14.4. The van der Waals surface area contributed by atoms with Gasteiger partial charge in [-0.25, -0.2) is 0 Å². The normalized spacial score (nSPS) is 9.89. The van der Waals surface area contributed by atoms with E-state index >= 15 is 0 Å². The average Bonchev–Trinajstić information content (AvgIpc) is 2.37. The molecule has 19 heavy (non-hydrogen) atoms. The number of carbonyl (C=O) groups is 2. The first-order valence-electron chi connectivity index (χ1n) is 5.63. The smallest absolute Gasteiger partial charge is 0.325 e. The van der Waals surface area contributed by atoms with Crippen molar-refractivity contribution in [3.05, 3.63) is 28.2 Å². The van der Waals surface area contributed by atoms with Crippen molar-refractivity contribution in [2.45, 2.75) is 6.92 Å². The van der Waals surface area contributed by atoms with E-state index in [1.165, 1.54) is 19.1 Å². The van der Waals surface area contributed by atoms with Gasteiger partial charge in [0.05, 0.1) is 11.6 Å². The fourth-order valence-corrected chi connectivity index (χ4v) is 1.93. The molecule has 1 rings (SSSR count). The SMILES string of the molecule is COC(=O)CN(C)C(=O)COc1ccc(C)cc1Br. The monoisotopic (exact) mass is 329 g/mol. The number of amides is 1. The van der Waals surface area contributed by atoms with Crippen LogP contribution in [0.3, 0.4) is 0 Å². The van der Waals surface area contributed by atoms with Crippen LogP contribution in [0.15, 0.2) is 22.7 Å². The summed E-state index contributed by atoms with van der Waals surface area (Å²) in [4.78, 5) is 24.0. The van der Waals surface area contributed by atoms with Crippen LogP contribution in [-0.4, -0.2) is 44.1 Å². The maximum atomic E-state index is 11.7. The van der Waals surface area contributed by atoms with Gasteiger partial charge in [0.25, 0.3) is 5.91 Å². The lowest BCUT2D eigenvalue weighted by molar-refractivity contribution is -0.146. The summed E-state index contributed by atoms with van der Waals surface area (Å²) in [7, 11) is 2.80. The molecule has 0 aliphatic rings. The number of rotatable bonds is 5. The lowest BCUT2D eigenvalue weighted by Crippen LogP contribution is -2.35. The summed E-state index contributed by atoms with van der Waals surface area (Å²) in [5, 5.41) is 0. The van der Waals surface area contributed by atoms with Crippen molar-refractivity contribution in [1.82, 2.24) is 4.90 Å². The number of esters is 1. The molecule has 0 bridgehead atoms. The minimum absolute atomic E-state index is 0.0895. The molecule has 1 aromatic carbocycles. The van der Waals surface area contributed by atoms with E-state index in [9.17, 15) is 9.59 Å². The van der Waals surface area contributed by atoms with Crippen molar-refractivity contribution in [1.29, 1.82) is 0 Å². The molecule has 5 nitrogen and oxygen atoms in total. The number of ether oxygens (including phenoxy) is 2. The van der Waals surface area contributed by atoms with E-state index < -0.39 is 5.97 Å². The van der Waals surface area contributed by atoms with Gasteiger partial charge in [-0.2, -0.15) is 0 Å². The lowest BCUT2D eigenvalue weighted by Gasteiger charge is -2.16. The molecule has 0 spiro atoms. The molecule has 0 aromatic heterocycles. The van der Waals surface area contributed by atoms with Gasteiger partial charge in [0, 0.05) is 7.05 Å². The predicted molar refractivity (Wildman–Crippen MR) is 74.0 cm³/mol. The molecule has 1 aromatic rings. The van der Waals surface area contributed by atoms with E-state index in [-0.39, 0.29) is 19.1 Å². The zero-order valence-corrected chi connectivity index (χ0v) is 12.7. The van der Waals surface area contributed by atoms with Crippen LogP contribution in [0.25, 0.3) is 0 Å². The fraction of sp³-hybridized carbons (Fsp3) is 0.385. The number of carbonyl (C=O) groups excluding carboxylic acids is 2. The third kappa shape index (κ3) is 4.90. The summed E-state index contributed by atoms with van der Waals surface area (Å²) in [6.07, 6.45) is 0. The summed E-state index contributed by atoms with van der Waals surface area (Å²) in [5.74, 6) is -0.171. The molecule has 0 atom stereocenters. The Labute approximate surface area is 120 Å². The molecule has 0 unspecified atom stereocenters. The molecule has 0 N–H and O–H groups in total. The largest absolute Gasteiger partial charge is 0.483 e. The molecule has 0 heterocycles. The van der Waals surface area contributed by atoms with E-state index in [1.54, 1.807) is 6.07 Å². The molecule has 0 aliphatic heterocycles. The van der Waals surface area contributed by atoms with Gasteiger partial charge in [-0.3, -0.25) is 9.59 Å². The summed E-state index contributed by atoms with van der Waals surface area (Å²) < 4.78 is 10.7. The van der Waals surface area contributed by atoms with Crippen molar-refractivity contribution < 1.29 is 19.1 Å². The molecule has 0 saturated heterocycles. The lowest BCUT2D eigenvalue weighted by atomic mass is 10.2. The van der Waals surface area contributed by atoms with Crippen LogP contribution in [0.1, 0.15) is 5.56 Å². The van der Waals surface area contributed by atoms with Gasteiger partial charge in [0.1, 0.15) is 12.3 Å². The van der Waals surface area contributed by atoms with Gasteiger partial charge >= 0.3 is 5.97 Å². The van der Waals surface area contributed by atoms with Crippen LogP contribution in [-0.2, 0) is 14.3 Å². The predicted octanol–water partition coefficient (Wildman–Crippen LogP) is 1.77. The van der Waals surface area contributed by atoms with Crippen molar-refractivity contribution >= 4 is 27.8 Å². The van der Waals surface area contributed by atoms with E-state index in [4.69, 9.17) is 4.74 Å². The summed E-state index contributed by atoms with van der Waals surface area (Å²) >= 11 is 3.36. The molecule has 0 saturated carbocycles. The van der Waals surface area contributed by atoms with Gasteiger partial charge < -0.3 is 14.4 Å². The Bertz CT molecular complexity index is 476. The van der Waals surface area contributed by atoms with Crippen LogP contribution >= 0.6 is 15.9 Å². The summed E-state index contributed by atoms with van der Waals surface area (Å²) in [5.41, 5.74) is 1.09. The molecular formula is C13H16BrNO4. The van der Waals surface area contributed by atoms with Crippen LogP contribution in [0.5, 0.6) is 5.75 Å². The van der Waals surface area contributed by atoms with E-state index in [0.29, 0.717) is 5.75 Å². The molecule has 0 radical (unpaired) electrons. The first kappa shape index (κ1) is 15.5. The van der Waals surface area contributed by atoms with Crippen LogP contribution in [0.4, 0.5) is 0 Å². The Hall–Kier alpha value is -1.56. The minimum Gasteiger partial charge on any atom is -0.483 e. The number of halogens is 1. The number of nitrogens with zero attached hydrogens (tertiary/aromatic N) is 1. The highest BCUT2D eigenvalue weighted by Gasteiger charge is 2.14. The maximum absolute atomic E-state index is 11.7. The molecule has 0 fully saturated rings. The van der Waals surface area contributed by atoms with Crippen molar-refractivity contribution in [2.75, 3.05) is 27.3 Å². The fourth-order valence-electron chi connectivity index (χ4n) is 1.32. The number of benzene rings is 1. The van der Waals surface area contributed by atoms with Gasteiger partial charge in [-0.15, -0.1) is 0 Å². The second-order valence-electron chi connectivity index (χ2n) is 4.05. The molecular weight excluding hydrogens is 314 g/mol. The van der Waals surface area contributed by atoms with Gasteiger partial charge in [0.15, 0.2) is 6.61 Å². The van der Waals surface area contributed by atoms with Gasteiger partial charge in [-0.05, 0) is 40.5 Å². The highest BCUT2D eigenvalue weighted by molar-refractivity contribution is 9.10. The van der Waals surface area contributed by atoms with Crippen molar-refractivity contribution in [3.8, 4) is 5.75 Å². The number of methoxy groups -OCH3 is 1. The highest BCUT2D eigenvalue weighted by atomic mass is 79.9. The minimum atomic E-state index is -0.465. The Morgan fingerprint density at radius 2 is 2.05 bits per heavy atom. The molecule has 1 amide bonds. The number of hydrogen-bond acceptors (Lipinski definition) is 4. The summed E-state index contributed by atoms with van der Waals surface area (Å²) in [6, 6.07) is 5.58. The maximum Gasteiger partial charge on any atom is 0.325 e. The average molecular weight is 330 g/mol. The van der Waals surface area contributed by atoms with Crippen molar-refractivity contribution in [2.24, 2.45) is 0 Å². The highest BCUT2D eigenvalue weighted by Crippen LogP contribution is 2.25. The van der Waals surface area contributed by atoms with Crippen LogP contribution < -0.4 is 4.74 Å². The summed E-state index contributed by atoms with van der Waals surface area (Å²) in [6.45, 7) is 1.74. The van der Waals surface area contributed by atoms with Crippen LogP contribution in [0.2, 0.25) is 0 Å². The second-order valence-corrected chi connectivity index (χ2v) is 4.90. The first-order chi connectivity index (χ1) is 8.93. The second kappa shape index (κ2) is 7.13. The van der Waals surface area contributed by atoms with E-state index in [1.807, 2.05) is 19.1 Å². The quantitative estimate of drug-likeness (QED) is 0.772. The Balaban J connectivity index is 2.52. The zero-order valence-electron chi connectivity index (χ0n) is 11.1. The number of hydrogen-bond donors (Lipinski definition) is 0. The Morgan fingerprint density at radius 3 is 2.63 bits per heavy atom. The molecule has 104 valence electrons. The topological polar surface area (TPSA) is 55.8 Å². The first-order valence-corrected chi connectivity index (χ1v) is 6.43. The number of aryl methyl sites for hydroxylation is 1. The van der Waals surface area contributed by atoms with Gasteiger partial charge in [-0.1, -0.05) is 6.07 Å².